The second-order valence-electron chi connectivity index (χ2n) is 3.53. The van der Waals surface area contributed by atoms with Crippen LogP contribution in [-0.4, -0.2) is 17.1 Å². The fourth-order valence-electron chi connectivity index (χ4n) is 1.58. The number of rotatable bonds is 3. The van der Waals surface area contributed by atoms with Crippen LogP contribution in [0.1, 0.15) is 5.69 Å². The molecule has 6 heteroatoms. The van der Waals surface area contributed by atoms with E-state index in [1.165, 1.54) is 25.3 Å². The Morgan fingerprint density at radius 2 is 2.33 bits per heavy atom. The van der Waals surface area contributed by atoms with E-state index in [2.05, 4.69) is 9.97 Å². The highest BCUT2D eigenvalue weighted by Crippen LogP contribution is 2.30. The van der Waals surface area contributed by atoms with Gasteiger partial charge in [-0.25, -0.2) is 9.37 Å². The number of benzene rings is 1. The van der Waals surface area contributed by atoms with Gasteiger partial charge in [0.05, 0.1) is 30.9 Å². The zero-order chi connectivity index (χ0) is 13.1. The molecule has 0 aliphatic heterocycles. The van der Waals surface area contributed by atoms with Gasteiger partial charge in [-0.1, -0.05) is 11.6 Å². The van der Waals surface area contributed by atoms with Crippen molar-refractivity contribution in [3.63, 3.8) is 0 Å². The molecule has 0 bridgehead atoms. The van der Waals surface area contributed by atoms with Crippen LogP contribution in [-0.2, 0) is 6.42 Å². The van der Waals surface area contributed by atoms with Gasteiger partial charge in [0.25, 0.3) is 0 Å². The number of nitrogens with one attached hydrogen (secondary N) is 1. The smallest absolute Gasteiger partial charge is 0.151 e. The van der Waals surface area contributed by atoms with Crippen LogP contribution in [0, 0.1) is 17.1 Å². The van der Waals surface area contributed by atoms with Crippen molar-refractivity contribution in [1.29, 1.82) is 5.26 Å². The summed E-state index contributed by atoms with van der Waals surface area (Å²) in [5.41, 5.74) is 0.962. The lowest BCUT2D eigenvalue weighted by molar-refractivity contribution is 0.415. The molecule has 4 nitrogen and oxygen atoms in total. The van der Waals surface area contributed by atoms with E-state index in [9.17, 15) is 4.39 Å². The fourth-order valence-corrected chi connectivity index (χ4v) is 1.78. The molecule has 0 aliphatic rings. The van der Waals surface area contributed by atoms with Gasteiger partial charge in [-0.15, -0.1) is 0 Å². The lowest BCUT2D eigenvalue weighted by Crippen LogP contribution is -1.91. The van der Waals surface area contributed by atoms with E-state index >= 15 is 0 Å². The summed E-state index contributed by atoms with van der Waals surface area (Å²) in [5.74, 6) is 0.451. The van der Waals surface area contributed by atoms with Gasteiger partial charge in [0.15, 0.2) is 5.15 Å². The van der Waals surface area contributed by atoms with Gasteiger partial charge in [0.2, 0.25) is 0 Å². The molecule has 0 spiro atoms. The van der Waals surface area contributed by atoms with Crippen LogP contribution in [0.5, 0.6) is 5.75 Å². The first-order chi connectivity index (χ1) is 8.65. The quantitative estimate of drug-likeness (QED) is 0.928. The maximum absolute atomic E-state index is 13.2. The molecule has 1 N–H and O–H groups in total. The lowest BCUT2D eigenvalue weighted by atomic mass is 10.2. The molecule has 0 fully saturated rings. The van der Waals surface area contributed by atoms with Gasteiger partial charge in [-0.2, -0.15) is 5.26 Å². The number of hydrogen-bond acceptors (Lipinski definition) is 3. The number of nitriles is 1. The molecular weight excluding hydrogens is 257 g/mol. The van der Waals surface area contributed by atoms with Crippen molar-refractivity contribution in [2.45, 2.75) is 6.42 Å². The molecule has 0 saturated heterocycles. The van der Waals surface area contributed by atoms with Crippen LogP contribution in [0.15, 0.2) is 18.2 Å². The SMILES string of the molecule is COc1ccc(F)cc1-c1nc(Cl)c(CC#N)[nH]1. The summed E-state index contributed by atoms with van der Waals surface area (Å²) >= 11 is 5.88. The molecule has 1 aromatic heterocycles. The number of ether oxygens (including phenoxy) is 1. The van der Waals surface area contributed by atoms with Gasteiger partial charge in [0.1, 0.15) is 17.4 Å². The Hall–Kier alpha value is -2.06. The van der Waals surface area contributed by atoms with Gasteiger partial charge < -0.3 is 9.72 Å². The van der Waals surface area contributed by atoms with E-state index in [0.717, 1.165) is 0 Å². The molecule has 0 aliphatic carbocycles. The normalized spacial score (nSPS) is 10.1. The van der Waals surface area contributed by atoms with Crippen molar-refractivity contribution in [3.05, 3.63) is 34.9 Å². The Kier molecular flexibility index (Phi) is 3.49. The Labute approximate surface area is 108 Å². The van der Waals surface area contributed by atoms with E-state index in [1.807, 2.05) is 6.07 Å². The van der Waals surface area contributed by atoms with Gasteiger partial charge in [-0.05, 0) is 18.2 Å². The predicted octanol–water partition coefficient (Wildman–Crippen LogP) is 2.94. The second kappa shape index (κ2) is 5.07. The molecule has 2 aromatic rings. The average molecular weight is 266 g/mol. The third-order valence-corrected chi connectivity index (χ3v) is 2.71. The Bertz CT molecular complexity index is 618. The van der Waals surface area contributed by atoms with Crippen molar-refractivity contribution < 1.29 is 9.13 Å². The predicted molar refractivity (Wildman–Crippen MR) is 64.9 cm³/mol. The first-order valence-corrected chi connectivity index (χ1v) is 5.48. The fraction of sp³-hybridized carbons (Fsp3) is 0.167. The molecule has 0 saturated carbocycles. The average Bonchev–Trinajstić information content (AvgIpc) is 2.71. The molecule has 1 heterocycles. The van der Waals surface area contributed by atoms with Crippen molar-refractivity contribution in [3.8, 4) is 23.2 Å². The summed E-state index contributed by atoms with van der Waals surface area (Å²) in [7, 11) is 1.48. The number of nitrogens with zero attached hydrogens (tertiary/aromatic N) is 2. The number of imidazole rings is 1. The Morgan fingerprint density at radius 1 is 1.56 bits per heavy atom. The number of halogens is 2. The summed E-state index contributed by atoms with van der Waals surface area (Å²) in [6, 6.07) is 6.06. The van der Waals surface area contributed by atoms with E-state index in [4.69, 9.17) is 21.6 Å². The van der Waals surface area contributed by atoms with Gasteiger partial charge >= 0.3 is 0 Å². The number of aromatic amines is 1. The van der Waals surface area contributed by atoms with Crippen LogP contribution >= 0.6 is 11.6 Å². The van der Waals surface area contributed by atoms with E-state index in [0.29, 0.717) is 22.8 Å². The summed E-state index contributed by atoms with van der Waals surface area (Å²) in [4.78, 5) is 6.95. The minimum Gasteiger partial charge on any atom is -0.496 e. The van der Waals surface area contributed by atoms with E-state index in [1.54, 1.807) is 0 Å². The molecule has 2 rings (SSSR count). The molecular formula is C12H9ClFN3O. The van der Waals surface area contributed by atoms with Gasteiger partial charge in [-0.3, -0.25) is 0 Å². The van der Waals surface area contributed by atoms with Crippen molar-refractivity contribution >= 4 is 11.6 Å². The Morgan fingerprint density at radius 3 is 3.00 bits per heavy atom. The molecule has 18 heavy (non-hydrogen) atoms. The molecule has 0 atom stereocenters. The number of aromatic nitrogens is 2. The molecule has 0 amide bonds. The third kappa shape index (κ3) is 2.29. The van der Waals surface area contributed by atoms with E-state index in [-0.39, 0.29) is 11.6 Å². The minimum absolute atomic E-state index is 0.115. The molecule has 92 valence electrons. The number of H-pyrrole nitrogens is 1. The first kappa shape index (κ1) is 12.4. The highest BCUT2D eigenvalue weighted by molar-refractivity contribution is 6.30. The zero-order valence-electron chi connectivity index (χ0n) is 9.50. The van der Waals surface area contributed by atoms with Gasteiger partial charge in [0, 0.05) is 0 Å². The summed E-state index contributed by atoms with van der Waals surface area (Å²) < 4.78 is 18.4. The van der Waals surface area contributed by atoms with Crippen LogP contribution < -0.4 is 4.74 Å². The van der Waals surface area contributed by atoms with Crippen LogP contribution in [0.3, 0.4) is 0 Å². The standard InChI is InChI=1S/C12H9ClFN3O/c1-18-10-3-2-7(14)6-8(10)12-16-9(4-5-15)11(13)17-12/h2-3,6H,4H2,1H3,(H,16,17). The maximum atomic E-state index is 13.2. The van der Waals surface area contributed by atoms with Crippen molar-refractivity contribution in [1.82, 2.24) is 9.97 Å². The van der Waals surface area contributed by atoms with Crippen LogP contribution in [0.25, 0.3) is 11.4 Å². The summed E-state index contributed by atoms with van der Waals surface area (Å²) in [6.07, 6.45) is 0.115. The highest BCUT2D eigenvalue weighted by Gasteiger charge is 2.14. The summed E-state index contributed by atoms with van der Waals surface area (Å²) in [6.45, 7) is 0. The Balaban J connectivity index is 2.51. The zero-order valence-corrected chi connectivity index (χ0v) is 10.3. The topological polar surface area (TPSA) is 61.7 Å². The minimum atomic E-state index is -0.403. The lowest BCUT2D eigenvalue weighted by Gasteiger charge is -2.05. The first-order valence-electron chi connectivity index (χ1n) is 5.11. The maximum Gasteiger partial charge on any atom is 0.151 e. The molecule has 0 radical (unpaired) electrons. The summed E-state index contributed by atoms with van der Waals surface area (Å²) in [5, 5.41) is 8.83. The highest BCUT2D eigenvalue weighted by atomic mass is 35.5. The monoisotopic (exact) mass is 265 g/mol. The van der Waals surface area contributed by atoms with Crippen LogP contribution in [0.4, 0.5) is 4.39 Å². The van der Waals surface area contributed by atoms with Crippen molar-refractivity contribution in [2.24, 2.45) is 0 Å². The third-order valence-electron chi connectivity index (χ3n) is 2.40. The largest absolute Gasteiger partial charge is 0.496 e. The molecule has 1 aromatic carbocycles. The van der Waals surface area contributed by atoms with Crippen LogP contribution in [0.2, 0.25) is 5.15 Å². The second-order valence-corrected chi connectivity index (χ2v) is 3.89. The number of methoxy groups -OCH3 is 1. The number of hydrogen-bond donors (Lipinski definition) is 1. The van der Waals surface area contributed by atoms with Crippen molar-refractivity contribution in [2.75, 3.05) is 7.11 Å². The van der Waals surface area contributed by atoms with E-state index < -0.39 is 5.82 Å². The molecule has 0 unspecified atom stereocenters.